The van der Waals surface area contributed by atoms with Gasteiger partial charge in [-0.3, -0.25) is 9.59 Å². The van der Waals surface area contributed by atoms with Crippen molar-refractivity contribution in [2.45, 2.75) is 32.9 Å². The highest BCUT2D eigenvalue weighted by atomic mass is 19.4. The summed E-state index contributed by atoms with van der Waals surface area (Å²) >= 11 is 0. The molecule has 2 aromatic carbocycles. The van der Waals surface area contributed by atoms with Gasteiger partial charge in [-0.1, -0.05) is 13.8 Å². The fourth-order valence-corrected chi connectivity index (χ4v) is 2.25. The van der Waals surface area contributed by atoms with Crippen molar-refractivity contribution in [3.63, 3.8) is 0 Å². The summed E-state index contributed by atoms with van der Waals surface area (Å²) in [7, 11) is 0. The summed E-state index contributed by atoms with van der Waals surface area (Å²) < 4.78 is 38.3. The maximum Gasteiger partial charge on any atom is 0.416 e. The molecule has 0 saturated heterocycles. The molecule has 3 nitrogen and oxygen atoms in total. The van der Waals surface area contributed by atoms with E-state index in [1.807, 2.05) is 0 Å². The van der Waals surface area contributed by atoms with Crippen molar-refractivity contribution < 1.29 is 13.2 Å². The van der Waals surface area contributed by atoms with E-state index in [1.54, 1.807) is 13.8 Å². The molecule has 0 aliphatic carbocycles. The molecule has 2 rings (SSSR count). The molecule has 0 radical (unpaired) electrons. The van der Waals surface area contributed by atoms with Crippen LogP contribution in [0.3, 0.4) is 0 Å². The van der Waals surface area contributed by atoms with Crippen LogP contribution in [-0.4, -0.2) is 0 Å². The molecule has 0 aliphatic heterocycles. The van der Waals surface area contributed by atoms with Gasteiger partial charge in [-0.2, -0.15) is 13.2 Å². The summed E-state index contributed by atoms with van der Waals surface area (Å²) in [6.45, 7) is 5.03. The Morgan fingerprint density at radius 1 is 1.05 bits per heavy atom. The molecular weight excluding hydrogens is 283 g/mol. The highest BCUT2D eigenvalue weighted by molar-refractivity contribution is 5.68. The van der Waals surface area contributed by atoms with Crippen LogP contribution in [-0.2, 0) is 6.18 Å². The van der Waals surface area contributed by atoms with Crippen LogP contribution in [0.1, 0.15) is 36.5 Å². The lowest BCUT2D eigenvalue weighted by Gasteiger charge is -2.17. The molecule has 0 fully saturated rings. The maximum atomic E-state index is 12.8. The first-order chi connectivity index (χ1) is 9.61. The Hall–Kier alpha value is -2.11. The standard InChI is InChI=1S/C15H14F3NO2/c1-7(2)11-12(14(21)13(11)20)19-10-5-8(3)4-9(6-10)15(16,17)18/h4-7,19H,1-3H3. The van der Waals surface area contributed by atoms with E-state index in [-0.39, 0.29) is 17.3 Å². The minimum atomic E-state index is -4.46. The number of aryl methyl sites for hydroxylation is 1. The maximum absolute atomic E-state index is 12.8. The van der Waals surface area contributed by atoms with Crippen molar-refractivity contribution in [2.24, 2.45) is 0 Å². The Morgan fingerprint density at radius 3 is 2.19 bits per heavy atom. The molecule has 0 aliphatic rings. The summed E-state index contributed by atoms with van der Waals surface area (Å²) in [6, 6.07) is 3.45. The van der Waals surface area contributed by atoms with Gasteiger partial charge in [-0.25, -0.2) is 0 Å². The van der Waals surface area contributed by atoms with Gasteiger partial charge in [-0.15, -0.1) is 0 Å². The second-order valence-electron chi connectivity index (χ2n) is 5.31. The van der Waals surface area contributed by atoms with Crippen molar-refractivity contribution in [3.8, 4) is 0 Å². The molecule has 0 heterocycles. The predicted molar refractivity (Wildman–Crippen MR) is 74.9 cm³/mol. The molecule has 21 heavy (non-hydrogen) atoms. The minimum absolute atomic E-state index is 0.0914. The van der Waals surface area contributed by atoms with Crippen LogP contribution >= 0.6 is 0 Å². The molecule has 2 aromatic rings. The number of anilines is 2. The number of benzene rings is 1. The van der Waals surface area contributed by atoms with Gasteiger partial charge >= 0.3 is 6.18 Å². The number of hydrogen-bond acceptors (Lipinski definition) is 3. The molecule has 0 saturated carbocycles. The average Bonchev–Trinajstić information content (AvgIpc) is 2.35. The SMILES string of the molecule is Cc1cc(Nc2c(C(C)C)c(=O)c2=O)cc(C(F)(F)F)c1. The van der Waals surface area contributed by atoms with E-state index in [4.69, 9.17) is 0 Å². The van der Waals surface area contributed by atoms with Crippen molar-refractivity contribution in [1.29, 1.82) is 0 Å². The molecule has 0 atom stereocenters. The second-order valence-corrected chi connectivity index (χ2v) is 5.31. The predicted octanol–water partition coefficient (Wildman–Crippen LogP) is 3.48. The van der Waals surface area contributed by atoms with Crippen LogP contribution < -0.4 is 16.2 Å². The third-order valence-electron chi connectivity index (χ3n) is 3.20. The van der Waals surface area contributed by atoms with Crippen LogP contribution in [0.5, 0.6) is 0 Å². The van der Waals surface area contributed by atoms with Gasteiger partial charge in [0.15, 0.2) is 0 Å². The van der Waals surface area contributed by atoms with E-state index in [9.17, 15) is 22.8 Å². The van der Waals surface area contributed by atoms with Gasteiger partial charge in [-0.05, 0) is 36.6 Å². The number of alkyl halides is 3. The van der Waals surface area contributed by atoms with Crippen LogP contribution in [0.25, 0.3) is 0 Å². The molecular formula is C15H14F3NO2. The fourth-order valence-electron chi connectivity index (χ4n) is 2.25. The third-order valence-corrected chi connectivity index (χ3v) is 3.20. The van der Waals surface area contributed by atoms with E-state index >= 15 is 0 Å². The summed E-state index contributed by atoms with van der Waals surface area (Å²) in [5.74, 6) is -0.162. The highest BCUT2D eigenvalue weighted by Crippen LogP contribution is 2.33. The Kier molecular flexibility index (Phi) is 3.65. The first-order valence-electron chi connectivity index (χ1n) is 6.40. The van der Waals surface area contributed by atoms with E-state index in [0.717, 1.165) is 12.1 Å². The van der Waals surface area contributed by atoms with E-state index in [0.29, 0.717) is 11.1 Å². The quantitative estimate of drug-likeness (QED) is 0.882. The van der Waals surface area contributed by atoms with Crippen LogP contribution in [0.2, 0.25) is 0 Å². The fraction of sp³-hybridized carbons (Fsp3) is 0.333. The van der Waals surface area contributed by atoms with Gasteiger partial charge in [0, 0.05) is 11.3 Å². The monoisotopic (exact) mass is 297 g/mol. The normalized spacial score (nSPS) is 12.1. The second kappa shape index (κ2) is 5.02. The number of rotatable bonds is 3. The molecule has 6 heteroatoms. The first-order valence-corrected chi connectivity index (χ1v) is 6.40. The Labute approximate surface area is 119 Å². The zero-order valence-electron chi connectivity index (χ0n) is 11.8. The molecule has 0 bridgehead atoms. The van der Waals surface area contributed by atoms with E-state index in [2.05, 4.69) is 5.32 Å². The van der Waals surface area contributed by atoms with Crippen molar-refractivity contribution in [3.05, 3.63) is 55.3 Å². The summed E-state index contributed by atoms with van der Waals surface area (Å²) in [5.41, 5.74) is -1.07. The number of nitrogens with one attached hydrogen (secondary N) is 1. The van der Waals surface area contributed by atoms with Gasteiger partial charge in [0.2, 0.25) is 10.9 Å². The Bertz CT molecular complexity index is 753. The molecule has 1 N–H and O–H groups in total. The largest absolute Gasteiger partial charge is 0.416 e. The van der Waals surface area contributed by atoms with Crippen molar-refractivity contribution >= 4 is 11.4 Å². The summed E-state index contributed by atoms with van der Waals surface area (Å²) in [5, 5.41) is 2.65. The molecule has 0 amide bonds. The topological polar surface area (TPSA) is 46.2 Å². The molecule has 0 aromatic heterocycles. The van der Waals surface area contributed by atoms with Crippen molar-refractivity contribution in [1.82, 2.24) is 0 Å². The van der Waals surface area contributed by atoms with Gasteiger partial charge in [0.05, 0.1) is 11.3 Å². The lowest BCUT2D eigenvalue weighted by Crippen LogP contribution is -2.38. The first kappa shape index (κ1) is 15.3. The van der Waals surface area contributed by atoms with Crippen LogP contribution in [0.15, 0.2) is 27.8 Å². The Morgan fingerprint density at radius 2 is 1.67 bits per heavy atom. The lowest BCUT2D eigenvalue weighted by atomic mass is 9.95. The average molecular weight is 297 g/mol. The van der Waals surface area contributed by atoms with E-state index in [1.165, 1.54) is 13.0 Å². The lowest BCUT2D eigenvalue weighted by molar-refractivity contribution is -0.137. The molecule has 0 spiro atoms. The highest BCUT2D eigenvalue weighted by Gasteiger charge is 2.31. The minimum Gasteiger partial charge on any atom is -0.352 e. The number of halogens is 3. The smallest absolute Gasteiger partial charge is 0.352 e. The van der Waals surface area contributed by atoms with E-state index < -0.39 is 22.6 Å². The van der Waals surface area contributed by atoms with Gasteiger partial charge in [0.1, 0.15) is 0 Å². The summed E-state index contributed by atoms with van der Waals surface area (Å²) in [4.78, 5) is 23.0. The Balaban J connectivity index is 2.42. The van der Waals surface area contributed by atoms with Gasteiger partial charge in [0.25, 0.3) is 0 Å². The van der Waals surface area contributed by atoms with Crippen LogP contribution in [0, 0.1) is 6.92 Å². The summed E-state index contributed by atoms with van der Waals surface area (Å²) in [6.07, 6.45) is -4.46. The number of hydrogen-bond donors (Lipinski definition) is 1. The molecule has 0 unspecified atom stereocenters. The zero-order chi connectivity index (χ0) is 15.9. The van der Waals surface area contributed by atoms with Crippen molar-refractivity contribution in [2.75, 3.05) is 5.32 Å². The van der Waals surface area contributed by atoms with Crippen LogP contribution in [0.4, 0.5) is 24.5 Å². The zero-order valence-corrected chi connectivity index (χ0v) is 11.8. The molecule has 112 valence electrons. The van der Waals surface area contributed by atoms with Gasteiger partial charge < -0.3 is 5.32 Å². The third kappa shape index (κ3) is 2.84.